The number of hydrogen-bond acceptors (Lipinski definition) is 7. The van der Waals surface area contributed by atoms with E-state index in [9.17, 15) is 17.8 Å². The molecule has 6 aromatic rings. The fourth-order valence-corrected chi connectivity index (χ4v) is 5.88. The minimum Gasteiger partial charge on any atom is -0.286 e. The first-order valence-electron chi connectivity index (χ1n) is 11.7. The van der Waals surface area contributed by atoms with Gasteiger partial charge in [0.2, 0.25) is 5.13 Å². The van der Waals surface area contributed by atoms with Crippen molar-refractivity contribution in [2.75, 3.05) is 0 Å². The molecule has 2 aromatic heterocycles. The van der Waals surface area contributed by atoms with Crippen molar-refractivity contribution < 1.29 is 13.0 Å². The van der Waals surface area contributed by atoms with Gasteiger partial charge in [-0.05, 0) is 11.5 Å². The quantitative estimate of drug-likeness (QED) is 0.174. The Labute approximate surface area is 226 Å². The average Bonchev–Trinajstić information content (AvgIpc) is 3.56. The fourth-order valence-electron chi connectivity index (χ4n) is 4.26. The molecule has 4 aromatic carbocycles. The molecule has 0 aliphatic carbocycles. The Morgan fingerprint density at radius 1 is 0.821 bits per heavy atom. The normalized spacial score (nSPS) is 11.9. The van der Waals surface area contributed by atoms with Crippen LogP contribution in [-0.4, -0.2) is 27.7 Å². The monoisotopic (exact) mass is 553 g/mol. The summed E-state index contributed by atoms with van der Waals surface area (Å²) in [5, 5.41) is 14.6. The molecular formula is C28H19N5O4S2. The van der Waals surface area contributed by atoms with Crippen molar-refractivity contribution in [3.05, 3.63) is 113 Å². The van der Waals surface area contributed by atoms with Crippen LogP contribution in [0.1, 0.15) is 0 Å². The van der Waals surface area contributed by atoms with E-state index in [1.54, 1.807) is 30.3 Å². The maximum absolute atomic E-state index is 13.6. The van der Waals surface area contributed by atoms with E-state index in [1.165, 1.54) is 22.1 Å². The average molecular weight is 554 g/mol. The third-order valence-corrected chi connectivity index (χ3v) is 7.83. The van der Waals surface area contributed by atoms with Gasteiger partial charge in [-0.15, -0.1) is 21.6 Å². The number of hydrogen-bond donors (Lipinski definition) is 2. The van der Waals surface area contributed by atoms with E-state index < -0.39 is 15.7 Å². The SMILES string of the molecule is O=c1c(N=Nc2ccc3ccccc3c2S(=O)(=O)O)c(-c2ccccc2)[nH]n1-c1nc(-c2ccccc2)cs1. The van der Waals surface area contributed by atoms with Crippen LogP contribution in [0.25, 0.3) is 38.4 Å². The Hall–Kier alpha value is -4.71. The number of fused-ring (bicyclic) bond motifs is 1. The molecule has 39 heavy (non-hydrogen) atoms. The summed E-state index contributed by atoms with van der Waals surface area (Å²) in [6.07, 6.45) is 0. The van der Waals surface area contributed by atoms with Gasteiger partial charge < -0.3 is 0 Å². The summed E-state index contributed by atoms with van der Waals surface area (Å²) in [6.45, 7) is 0. The van der Waals surface area contributed by atoms with E-state index in [0.717, 1.165) is 11.3 Å². The second-order valence-electron chi connectivity index (χ2n) is 8.53. The zero-order chi connectivity index (χ0) is 27.0. The van der Waals surface area contributed by atoms with Crippen LogP contribution in [0.5, 0.6) is 0 Å². The van der Waals surface area contributed by atoms with E-state index >= 15 is 0 Å². The van der Waals surface area contributed by atoms with Crippen LogP contribution in [0, 0.1) is 0 Å². The zero-order valence-electron chi connectivity index (χ0n) is 20.1. The molecule has 0 aliphatic heterocycles. The molecule has 0 bridgehead atoms. The van der Waals surface area contributed by atoms with E-state index in [0.29, 0.717) is 27.2 Å². The van der Waals surface area contributed by atoms with Crippen molar-refractivity contribution in [1.29, 1.82) is 0 Å². The summed E-state index contributed by atoms with van der Waals surface area (Å²) in [7, 11) is -4.65. The molecule has 0 radical (unpaired) electrons. The molecule has 0 spiro atoms. The lowest BCUT2D eigenvalue weighted by molar-refractivity contribution is 0.484. The molecule has 192 valence electrons. The van der Waals surface area contributed by atoms with Crippen LogP contribution in [0.3, 0.4) is 0 Å². The molecule has 0 amide bonds. The number of nitrogens with zero attached hydrogens (tertiary/aromatic N) is 4. The predicted molar refractivity (Wildman–Crippen MR) is 151 cm³/mol. The smallest absolute Gasteiger partial charge is 0.286 e. The minimum atomic E-state index is -4.65. The van der Waals surface area contributed by atoms with Gasteiger partial charge in [-0.2, -0.15) is 13.1 Å². The van der Waals surface area contributed by atoms with Crippen LogP contribution < -0.4 is 5.56 Å². The van der Waals surface area contributed by atoms with Crippen molar-refractivity contribution in [3.63, 3.8) is 0 Å². The van der Waals surface area contributed by atoms with Gasteiger partial charge in [-0.3, -0.25) is 14.4 Å². The van der Waals surface area contributed by atoms with Gasteiger partial charge in [0.05, 0.1) is 11.4 Å². The van der Waals surface area contributed by atoms with Crippen molar-refractivity contribution in [3.8, 4) is 27.6 Å². The Balaban J connectivity index is 1.50. The number of benzene rings is 4. The van der Waals surface area contributed by atoms with Crippen LogP contribution in [0.2, 0.25) is 0 Å². The summed E-state index contributed by atoms with van der Waals surface area (Å²) in [5.41, 5.74) is 2.05. The Bertz CT molecular complexity index is 2010. The summed E-state index contributed by atoms with van der Waals surface area (Å²) in [4.78, 5) is 17.8. The van der Waals surface area contributed by atoms with Crippen LogP contribution >= 0.6 is 11.3 Å². The molecule has 11 heteroatoms. The minimum absolute atomic E-state index is 0.0351. The van der Waals surface area contributed by atoms with Gasteiger partial charge >= 0.3 is 5.56 Å². The fraction of sp³-hybridized carbons (Fsp3) is 0. The second kappa shape index (κ2) is 9.87. The zero-order valence-corrected chi connectivity index (χ0v) is 21.7. The topological polar surface area (TPSA) is 130 Å². The Morgan fingerprint density at radius 2 is 1.49 bits per heavy atom. The van der Waals surface area contributed by atoms with Crippen LogP contribution in [-0.2, 0) is 10.1 Å². The van der Waals surface area contributed by atoms with E-state index in [1.807, 2.05) is 66.0 Å². The highest BCUT2D eigenvalue weighted by molar-refractivity contribution is 7.86. The highest BCUT2D eigenvalue weighted by atomic mass is 32.2. The molecule has 2 heterocycles. The lowest BCUT2D eigenvalue weighted by Crippen LogP contribution is -2.13. The maximum Gasteiger partial charge on any atom is 0.301 e. The van der Waals surface area contributed by atoms with E-state index in [4.69, 9.17) is 0 Å². The summed E-state index contributed by atoms with van der Waals surface area (Å²) < 4.78 is 35.9. The molecule has 9 nitrogen and oxygen atoms in total. The standard InChI is InChI=1S/C28H19N5O4S2/c34-27-25(31-30-22-16-15-18-9-7-8-14-21(18)26(22)39(35,36)37)24(20-12-5-2-6-13-20)32-33(27)28-29-23(17-38-28)19-10-3-1-4-11-19/h1-17,32H,(H,35,36,37). The molecule has 6 rings (SSSR count). The predicted octanol–water partition coefficient (Wildman–Crippen LogP) is 6.77. The Morgan fingerprint density at radius 3 is 2.21 bits per heavy atom. The molecule has 0 aliphatic rings. The van der Waals surface area contributed by atoms with Crippen molar-refractivity contribution in [2.45, 2.75) is 4.90 Å². The lowest BCUT2D eigenvalue weighted by Gasteiger charge is -2.06. The molecule has 0 saturated carbocycles. The van der Waals surface area contributed by atoms with Crippen molar-refractivity contribution in [2.24, 2.45) is 10.2 Å². The first-order valence-corrected chi connectivity index (χ1v) is 14.0. The van der Waals surface area contributed by atoms with Gasteiger partial charge in [0.1, 0.15) is 10.6 Å². The summed E-state index contributed by atoms with van der Waals surface area (Å²) in [6, 6.07) is 28.5. The summed E-state index contributed by atoms with van der Waals surface area (Å²) >= 11 is 1.29. The first-order chi connectivity index (χ1) is 18.9. The third-order valence-electron chi connectivity index (χ3n) is 6.06. The van der Waals surface area contributed by atoms with Crippen LogP contribution in [0.4, 0.5) is 11.4 Å². The number of thiazole rings is 1. The van der Waals surface area contributed by atoms with Crippen LogP contribution in [0.15, 0.2) is 122 Å². The summed E-state index contributed by atoms with van der Waals surface area (Å²) in [5.74, 6) is 0. The highest BCUT2D eigenvalue weighted by Crippen LogP contribution is 2.35. The molecule has 0 unspecified atom stereocenters. The van der Waals surface area contributed by atoms with Gasteiger partial charge in [0.15, 0.2) is 5.69 Å². The molecule has 0 atom stereocenters. The van der Waals surface area contributed by atoms with Gasteiger partial charge in [-0.25, -0.2) is 4.98 Å². The van der Waals surface area contributed by atoms with Gasteiger partial charge in [0.25, 0.3) is 10.1 Å². The van der Waals surface area contributed by atoms with Crippen molar-refractivity contribution >= 4 is 43.6 Å². The van der Waals surface area contributed by atoms with Gasteiger partial charge in [-0.1, -0.05) is 91.0 Å². The maximum atomic E-state index is 13.6. The highest BCUT2D eigenvalue weighted by Gasteiger charge is 2.22. The number of rotatable bonds is 6. The molecule has 2 N–H and O–H groups in total. The first kappa shape index (κ1) is 24.6. The number of azo groups is 1. The van der Waals surface area contributed by atoms with Crippen molar-refractivity contribution in [1.82, 2.24) is 14.8 Å². The number of nitrogens with one attached hydrogen (secondary N) is 1. The third kappa shape index (κ3) is 4.70. The van der Waals surface area contributed by atoms with Gasteiger partial charge in [0, 0.05) is 21.9 Å². The van der Waals surface area contributed by atoms with E-state index in [-0.39, 0.29) is 16.3 Å². The molecular weight excluding hydrogens is 534 g/mol. The van der Waals surface area contributed by atoms with E-state index in [2.05, 4.69) is 20.3 Å². The largest absolute Gasteiger partial charge is 0.301 e. The lowest BCUT2D eigenvalue weighted by atomic mass is 10.1. The number of H-pyrrole nitrogens is 1. The Kier molecular flexibility index (Phi) is 6.23. The number of aromatic amines is 1. The second-order valence-corrected chi connectivity index (χ2v) is 10.7. The number of aromatic nitrogens is 3. The molecule has 0 fully saturated rings. The molecule has 0 saturated heterocycles.